The summed E-state index contributed by atoms with van der Waals surface area (Å²) in [4.78, 5) is 27.4. The van der Waals surface area contributed by atoms with Crippen molar-refractivity contribution in [2.75, 3.05) is 5.32 Å². The van der Waals surface area contributed by atoms with Gasteiger partial charge >= 0.3 is 5.97 Å². The molecule has 2 aromatic rings. The number of carbonyl (C=O) groups is 2. The van der Waals surface area contributed by atoms with Crippen molar-refractivity contribution in [1.29, 1.82) is 0 Å². The first-order chi connectivity index (χ1) is 11.3. The number of esters is 1. The summed E-state index contributed by atoms with van der Waals surface area (Å²) in [6.45, 7) is 5.25. The van der Waals surface area contributed by atoms with Crippen LogP contribution in [0.5, 0.6) is 0 Å². The smallest absolute Gasteiger partial charge is 0.344 e. The molecule has 0 bridgehead atoms. The zero-order valence-corrected chi connectivity index (χ0v) is 14.4. The molecule has 0 saturated heterocycles. The number of amides is 1. The molecule has 24 heavy (non-hydrogen) atoms. The van der Waals surface area contributed by atoms with Crippen molar-refractivity contribution in [3.8, 4) is 5.69 Å². The van der Waals surface area contributed by atoms with Crippen LogP contribution in [0.3, 0.4) is 0 Å². The third kappa shape index (κ3) is 2.78. The summed E-state index contributed by atoms with van der Waals surface area (Å²) in [7, 11) is 0. The lowest BCUT2D eigenvalue weighted by atomic mass is 9.97. The van der Waals surface area contributed by atoms with Gasteiger partial charge in [-0.2, -0.15) is 0 Å². The molecule has 1 aliphatic rings. The number of rotatable bonds is 3. The normalized spacial score (nSPS) is 16.2. The Hall–Kier alpha value is -2.67. The number of hydrogen-bond acceptors (Lipinski definition) is 4. The topological polar surface area (TPSA) is 76.1 Å². The lowest BCUT2D eigenvalue weighted by Crippen LogP contribution is -2.21. The molecule has 1 aromatic carbocycles. The Balaban J connectivity index is 1.89. The van der Waals surface area contributed by atoms with Crippen LogP contribution >= 0.6 is 12.2 Å². The van der Waals surface area contributed by atoms with E-state index in [4.69, 9.17) is 17.0 Å². The van der Waals surface area contributed by atoms with Gasteiger partial charge in [-0.25, -0.2) is 4.79 Å². The summed E-state index contributed by atoms with van der Waals surface area (Å²) >= 11 is 5.19. The number of anilines is 1. The maximum Gasteiger partial charge on any atom is 0.344 e. The third-order valence-corrected chi connectivity index (χ3v) is 4.40. The van der Waals surface area contributed by atoms with Gasteiger partial charge in [0, 0.05) is 23.8 Å². The van der Waals surface area contributed by atoms with Gasteiger partial charge in [-0.15, -0.1) is 0 Å². The van der Waals surface area contributed by atoms with Crippen LogP contribution in [0.4, 0.5) is 5.69 Å². The number of cyclic esters (lactones) is 1. The van der Waals surface area contributed by atoms with E-state index >= 15 is 0 Å². The van der Waals surface area contributed by atoms with Gasteiger partial charge in [0.2, 0.25) is 0 Å². The third-order valence-electron chi connectivity index (χ3n) is 4.09. The van der Waals surface area contributed by atoms with Crippen molar-refractivity contribution >= 4 is 29.8 Å². The second kappa shape index (κ2) is 5.76. The van der Waals surface area contributed by atoms with Crippen molar-refractivity contribution in [1.82, 2.24) is 9.55 Å². The molecule has 0 aliphatic carbocycles. The molecule has 2 N–H and O–H groups in total. The molecule has 6 nitrogen and oxygen atoms in total. The molecule has 2 heterocycles. The largest absolute Gasteiger partial charge is 0.451 e. The number of imidazole rings is 1. The molecule has 1 aromatic heterocycles. The van der Waals surface area contributed by atoms with E-state index in [2.05, 4.69) is 10.3 Å². The average Bonchev–Trinajstić information content (AvgIpc) is 3.01. The van der Waals surface area contributed by atoms with Gasteiger partial charge in [-0.1, -0.05) is 6.07 Å². The number of ether oxygens (including phenoxy) is 1. The fourth-order valence-corrected chi connectivity index (χ4v) is 2.76. The van der Waals surface area contributed by atoms with Gasteiger partial charge < -0.3 is 15.0 Å². The van der Waals surface area contributed by atoms with Crippen LogP contribution in [0, 0.1) is 4.77 Å². The van der Waals surface area contributed by atoms with Gasteiger partial charge in [0.1, 0.15) is 11.2 Å². The average molecular weight is 343 g/mol. The van der Waals surface area contributed by atoms with Crippen LogP contribution in [0.1, 0.15) is 20.8 Å². The Bertz CT molecular complexity index is 921. The van der Waals surface area contributed by atoms with E-state index in [-0.39, 0.29) is 5.57 Å². The summed E-state index contributed by atoms with van der Waals surface area (Å²) in [6, 6.07) is 7.20. The van der Waals surface area contributed by atoms with E-state index in [9.17, 15) is 9.59 Å². The van der Waals surface area contributed by atoms with Crippen LogP contribution in [0.15, 0.2) is 47.8 Å². The van der Waals surface area contributed by atoms with Crippen molar-refractivity contribution in [2.24, 2.45) is 0 Å². The second-order valence-electron chi connectivity index (χ2n) is 6.04. The van der Waals surface area contributed by atoms with Crippen molar-refractivity contribution in [3.05, 3.63) is 52.6 Å². The molecule has 7 heteroatoms. The Morgan fingerprint density at radius 3 is 2.71 bits per heavy atom. The molecule has 3 rings (SSSR count). The van der Waals surface area contributed by atoms with E-state index in [1.807, 2.05) is 6.07 Å². The highest BCUT2D eigenvalue weighted by Gasteiger charge is 2.40. The highest BCUT2D eigenvalue weighted by Crippen LogP contribution is 2.32. The summed E-state index contributed by atoms with van der Waals surface area (Å²) < 4.78 is 7.57. The number of H-pyrrole nitrogens is 1. The van der Waals surface area contributed by atoms with Crippen molar-refractivity contribution in [3.63, 3.8) is 0 Å². The van der Waals surface area contributed by atoms with E-state index < -0.39 is 17.5 Å². The summed E-state index contributed by atoms with van der Waals surface area (Å²) in [6.07, 6.45) is 3.53. The van der Waals surface area contributed by atoms with Crippen LogP contribution in [-0.4, -0.2) is 27.0 Å². The molecular weight excluding hydrogens is 326 g/mol. The Morgan fingerprint density at radius 1 is 1.38 bits per heavy atom. The minimum absolute atomic E-state index is 0.0589. The van der Waals surface area contributed by atoms with E-state index in [0.717, 1.165) is 5.69 Å². The number of benzene rings is 1. The maximum atomic E-state index is 12.5. The van der Waals surface area contributed by atoms with Crippen LogP contribution in [-0.2, 0) is 14.3 Å². The lowest BCUT2D eigenvalue weighted by molar-refractivity contribution is -0.145. The molecule has 0 unspecified atom stereocenters. The zero-order valence-electron chi connectivity index (χ0n) is 13.5. The van der Waals surface area contributed by atoms with Crippen LogP contribution in [0.25, 0.3) is 5.69 Å². The SMILES string of the molecule is CC1=C(C(=O)Nc2cccc(-n3cc[nH]c3=S)c2)C(=O)OC1(C)C. The van der Waals surface area contributed by atoms with Crippen molar-refractivity contribution in [2.45, 2.75) is 26.4 Å². The maximum absolute atomic E-state index is 12.5. The van der Waals surface area contributed by atoms with Crippen molar-refractivity contribution < 1.29 is 14.3 Å². The number of aromatic amines is 1. The fraction of sp³-hybridized carbons (Fsp3) is 0.235. The van der Waals surface area contributed by atoms with Crippen LogP contribution < -0.4 is 5.32 Å². The number of carbonyl (C=O) groups excluding carboxylic acids is 2. The lowest BCUT2D eigenvalue weighted by Gasteiger charge is -2.17. The Kier molecular flexibility index (Phi) is 3.88. The number of nitrogens with zero attached hydrogens (tertiary/aromatic N) is 1. The highest BCUT2D eigenvalue weighted by molar-refractivity contribution is 7.71. The monoisotopic (exact) mass is 343 g/mol. The predicted octanol–water partition coefficient (Wildman–Crippen LogP) is 3.13. The van der Waals surface area contributed by atoms with Gasteiger partial charge in [-0.05, 0) is 56.8 Å². The predicted molar refractivity (Wildman–Crippen MR) is 92.5 cm³/mol. The molecule has 0 spiro atoms. The summed E-state index contributed by atoms with van der Waals surface area (Å²) in [5.74, 6) is -1.07. The Morgan fingerprint density at radius 2 is 2.12 bits per heavy atom. The summed E-state index contributed by atoms with van der Waals surface area (Å²) in [5.41, 5.74) is 1.29. The molecule has 0 atom stereocenters. The quantitative estimate of drug-likeness (QED) is 0.510. The van der Waals surface area contributed by atoms with Gasteiger partial charge in [0.05, 0.1) is 0 Å². The van der Waals surface area contributed by atoms with E-state index in [1.165, 1.54) is 0 Å². The highest BCUT2D eigenvalue weighted by atomic mass is 32.1. The Labute approximate surface area is 144 Å². The van der Waals surface area contributed by atoms with Gasteiger partial charge in [0.15, 0.2) is 4.77 Å². The van der Waals surface area contributed by atoms with E-state index in [1.54, 1.807) is 55.9 Å². The molecule has 1 amide bonds. The molecule has 0 saturated carbocycles. The van der Waals surface area contributed by atoms with Gasteiger partial charge in [0.25, 0.3) is 5.91 Å². The minimum atomic E-state index is -0.760. The molecule has 124 valence electrons. The van der Waals surface area contributed by atoms with E-state index in [0.29, 0.717) is 16.0 Å². The fourth-order valence-electron chi connectivity index (χ4n) is 2.53. The molecule has 1 aliphatic heterocycles. The van der Waals surface area contributed by atoms with Crippen LogP contribution in [0.2, 0.25) is 0 Å². The number of aromatic nitrogens is 2. The molecular formula is C17H17N3O3S. The number of hydrogen-bond donors (Lipinski definition) is 2. The molecule has 0 fully saturated rings. The number of nitrogens with one attached hydrogen (secondary N) is 2. The zero-order chi connectivity index (χ0) is 17.5. The second-order valence-corrected chi connectivity index (χ2v) is 6.43. The first kappa shape index (κ1) is 16.2. The first-order valence-corrected chi connectivity index (χ1v) is 7.83. The molecule has 0 radical (unpaired) electrons. The standard InChI is InChI=1S/C17H17N3O3S/c1-10-13(15(22)23-17(10,2)3)14(21)19-11-5-4-6-12(9-11)20-8-7-18-16(20)24/h4-9H,1-3H3,(H,18,24)(H,19,21). The minimum Gasteiger partial charge on any atom is -0.451 e. The van der Waals surface area contributed by atoms with Gasteiger partial charge in [-0.3, -0.25) is 9.36 Å². The first-order valence-electron chi connectivity index (χ1n) is 7.42. The summed E-state index contributed by atoms with van der Waals surface area (Å²) in [5, 5.41) is 2.75.